The smallest absolute Gasteiger partial charge is 0.173 e. The molecule has 88 valence electrons. The molecule has 0 aromatic carbocycles. The van der Waals surface area contributed by atoms with Crippen LogP contribution >= 0.6 is 0 Å². The number of ether oxygens (including phenoxy) is 3. The van der Waals surface area contributed by atoms with E-state index in [9.17, 15) is 0 Å². The van der Waals surface area contributed by atoms with Gasteiger partial charge in [0, 0.05) is 12.5 Å². The summed E-state index contributed by atoms with van der Waals surface area (Å²) in [7, 11) is 1.74. The molecule has 2 unspecified atom stereocenters. The van der Waals surface area contributed by atoms with Crippen molar-refractivity contribution >= 4 is 0 Å². The van der Waals surface area contributed by atoms with E-state index < -0.39 is 5.79 Å². The van der Waals surface area contributed by atoms with E-state index in [4.69, 9.17) is 14.2 Å². The molecule has 2 saturated heterocycles. The van der Waals surface area contributed by atoms with Crippen molar-refractivity contribution in [2.24, 2.45) is 10.8 Å². The van der Waals surface area contributed by atoms with Crippen molar-refractivity contribution in [2.45, 2.75) is 39.4 Å². The highest BCUT2D eigenvalue weighted by atomic mass is 16.7. The largest absolute Gasteiger partial charge is 0.380 e. The summed E-state index contributed by atoms with van der Waals surface area (Å²) < 4.78 is 16.7. The Morgan fingerprint density at radius 2 is 1.80 bits per heavy atom. The summed E-state index contributed by atoms with van der Waals surface area (Å²) in [6.45, 7) is 9.07. The van der Waals surface area contributed by atoms with Crippen molar-refractivity contribution in [3.05, 3.63) is 0 Å². The van der Waals surface area contributed by atoms with Crippen LogP contribution in [0, 0.1) is 10.8 Å². The molecular weight excluding hydrogens is 192 g/mol. The maximum absolute atomic E-state index is 5.68. The van der Waals surface area contributed by atoms with Crippen molar-refractivity contribution in [3.8, 4) is 0 Å². The molecular formula is C12H22O3. The van der Waals surface area contributed by atoms with E-state index in [2.05, 4.69) is 20.8 Å². The Kier molecular flexibility index (Phi) is 2.61. The minimum absolute atomic E-state index is 0.141. The lowest BCUT2D eigenvalue weighted by Gasteiger charge is -2.66. The third kappa shape index (κ3) is 1.12. The summed E-state index contributed by atoms with van der Waals surface area (Å²) >= 11 is 0. The molecule has 0 amide bonds. The zero-order valence-corrected chi connectivity index (χ0v) is 10.3. The maximum atomic E-state index is 5.68. The van der Waals surface area contributed by atoms with Crippen LogP contribution in [-0.2, 0) is 14.2 Å². The van der Waals surface area contributed by atoms with Crippen LogP contribution in [-0.4, -0.2) is 32.7 Å². The molecule has 0 aromatic rings. The molecule has 0 spiro atoms. The summed E-state index contributed by atoms with van der Waals surface area (Å²) in [5.41, 5.74) is 0.409. The monoisotopic (exact) mass is 214 g/mol. The molecule has 0 radical (unpaired) electrons. The molecule has 2 aliphatic rings. The van der Waals surface area contributed by atoms with Gasteiger partial charge in [-0.25, -0.2) is 0 Å². The van der Waals surface area contributed by atoms with Crippen LogP contribution in [0.1, 0.15) is 33.6 Å². The van der Waals surface area contributed by atoms with Gasteiger partial charge in [-0.3, -0.25) is 0 Å². The second-order valence-electron chi connectivity index (χ2n) is 5.00. The van der Waals surface area contributed by atoms with Crippen LogP contribution in [0.15, 0.2) is 0 Å². The first-order valence-corrected chi connectivity index (χ1v) is 5.86. The van der Waals surface area contributed by atoms with Crippen molar-refractivity contribution in [3.63, 3.8) is 0 Å². The number of methoxy groups -OCH3 is 1. The highest BCUT2D eigenvalue weighted by molar-refractivity contribution is 5.11. The Hall–Kier alpha value is -0.120. The predicted molar refractivity (Wildman–Crippen MR) is 57.6 cm³/mol. The van der Waals surface area contributed by atoms with Gasteiger partial charge in [-0.15, -0.1) is 0 Å². The first-order chi connectivity index (χ1) is 7.10. The van der Waals surface area contributed by atoms with Gasteiger partial charge in [-0.1, -0.05) is 13.8 Å². The van der Waals surface area contributed by atoms with Gasteiger partial charge in [-0.05, 0) is 19.8 Å². The molecule has 2 fully saturated rings. The summed E-state index contributed by atoms with van der Waals surface area (Å²) in [6, 6.07) is 0. The van der Waals surface area contributed by atoms with Gasteiger partial charge in [0.1, 0.15) is 0 Å². The minimum Gasteiger partial charge on any atom is -0.380 e. The van der Waals surface area contributed by atoms with Gasteiger partial charge in [0.2, 0.25) is 0 Å². The van der Waals surface area contributed by atoms with E-state index in [-0.39, 0.29) is 10.8 Å². The predicted octanol–water partition coefficient (Wildman–Crippen LogP) is 2.20. The Morgan fingerprint density at radius 1 is 1.13 bits per heavy atom. The Labute approximate surface area is 92.1 Å². The Bertz CT molecular complexity index is 236. The molecule has 2 aliphatic heterocycles. The summed E-state index contributed by atoms with van der Waals surface area (Å²) in [6.07, 6.45) is 2.23. The summed E-state index contributed by atoms with van der Waals surface area (Å²) in [4.78, 5) is 0. The number of hydrogen-bond acceptors (Lipinski definition) is 3. The molecule has 3 heteroatoms. The molecule has 0 N–H and O–H groups in total. The third-order valence-corrected chi connectivity index (χ3v) is 4.91. The Morgan fingerprint density at radius 3 is 2.00 bits per heavy atom. The molecule has 3 nitrogen and oxygen atoms in total. The maximum Gasteiger partial charge on any atom is 0.173 e. The average molecular weight is 214 g/mol. The van der Waals surface area contributed by atoms with E-state index in [0.29, 0.717) is 0 Å². The van der Waals surface area contributed by atoms with Crippen molar-refractivity contribution in [1.29, 1.82) is 0 Å². The van der Waals surface area contributed by atoms with Crippen molar-refractivity contribution in [2.75, 3.05) is 26.9 Å². The molecule has 2 heterocycles. The van der Waals surface area contributed by atoms with Crippen molar-refractivity contribution < 1.29 is 14.2 Å². The fraction of sp³-hybridized carbons (Fsp3) is 1.00. The lowest BCUT2D eigenvalue weighted by atomic mass is 9.53. The van der Waals surface area contributed by atoms with E-state index >= 15 is 0 Å². The van der Waals surface area contributed by atoms with Crippen LogP contribution < -0.4 is 0 Å². The van der Waals surface area contributed by atoms with E-state index in [1.54, 1.807) is 7.11 Å². The molecule has 2 rings (SSSR count). The first kappa shape index (κ1) is 11.4. The average Bonchev–Trinajstić information content (AvgIpc) is 2.20. The van der Waals surface area contributed by atoms with E-state index in [1.165, 1.54) is 0 Å². The molecule has 0 aliphatic carbocycles. The second kappa shape index (κ2) is 3.44. The van der Waals surface area contributed by atoms with E-state index in [1.807, 2.05) is 0 Å². The highest BCUT2D eigenvalue weighted by Gasteiger charge is 2.69. The minimum atomic E-state index is -0.415. The van der Waals surface area contributed by atoms with Crippen LogP contribution in [0.5, 0.6) is 0 Å². The van der Waals surface area contributed by atoms with Gasteiger partial charge < -0.3 is 14.2 Å². The summed E-state index contributed by atoms with van der Waals surface area (Å²) in [5.74, 6) is -0.415. The van der Waals surface area contributed by atoms with Gasteiger partial charge >= 0.3 is 0 Å². The van der Waals surface area contributed by atoms with E-state index in [0.717, 1.165) is 32.7 Å². The topological polar surface area (TPSA) is 27.7 Å². The molecule has 0 aromatic heterocycles. The second-order valence-corrected chi connectivity index (χ2v) is 5.00. The van der Waals surface area contributed by atoms with Gasteiger partial charge in [-0.2, -0.15) is 0 Å². The molecule has 15 heavy (non-hydrogen) atoms. The first-order valence-electron chi connectivity index (χ1n) is 5.86. The van der Waals surface area contributed by atoms with Crippen LogP contribution in [0.2, 0.25) is 0 Å². The molecule has 0 bridgehead atoms. The quantitative estimate of drug-likeness (QED) is 0.718. The van der Waals surface area contributed by atoms with Crippen LogP contribution in [0.4, 0.5) is 0 Å². The summed E-state index contributed by atoms with van der Waals surface area (Å²) in [5, 5.41) is 0. The number of rotatable bonds is 4. The zero-order chi connectivity index (χ0) is 11.2. The molecule has 2 atom stereocenters. The lowest BCUT2D eigenvalue weighted by Crippen LogP contribution is -2.73. The standard InChI is InChI=1S/C12H22O3/c1-5-11(7-14-8-11)12(6-2)9-15-10(12,3)13-4/h5-9H2,1-4H3. The fourth-order valence-corrected chi connectivity index (χ4v) is 3.30. The van der Waals surface area contributed by atoms with Gasteiger partial charge in [0.25, 0.3) is 0 Å². The van der Waals surface area contributed by atoms with Gasteiger partial charge in [0.15, 0.2) is 5.79 Å². The highest BCUT2D eigenvalue weighted by Crippen LogP contribution is 2.62. The van der Waals surface area contributed by atoms with Gasteiger partial charge in [0.05, 0.1) is 25.2 Å². The Balaban J connectivity index is 2.29. The lowest BCUT2D eigenvalue weighted by molar-refractivity contribution is -0.430. The fourth-order valence-electron chi connectivity index (χ4n) is 3.30. The SMILES string of the molecule is CCC1(C2(CC)COC2(C)OC)COC1. The third-order valence-electron chi connectivity index (χ3n) is 4.91. The zero-order valence-electron chi connectivity index (χ0n) is 10.3. The normalized spacial score (nSPS) is 43.2. The van der Waals surface area contributed by atoms with Crippen molar-refractivity contribution in [1.82, 2.24) is 0 Å². The van der Waals surface area contributed by atoms with Crippen LogP contribution in [0.3, 0.4) is 0 Å². The molecule has 0 saturated carbocycles. The number of hydrogen-bond donors (Lipinski definition) is 0. The van der Waals surface area contributed by atoms with Crippen LogP contribution in [0.25, 0.3) is 0 Å².